The summed E-state index contributed by atoms with van der Waals surface area (Å²) in [6, 6.07) is 62.6. The first-order valence-electron chi connectivity index (χ1n) is 18.3. The van der Waals surface area contributed by atoms with Gasteiger partial charge in [0, 0.05) is 28.2 Å². The Labute approximate surface area is 312 Å². The third kappa shape index (κ3) is 4.47. The number of benzene rings is 6. The first-order valence-corrected chi connectivity index (χ1v) is 18.3. The summed E-state index contributed by atoms with van der Waals surface area (Å²) in [4.78, 5) is 4.55. The number of pyridine rings is 1. The number of fused-ring (bicyclic) bond motifs is 6. The minimum Gasteiger partial charge on any atom is -0.468 e. The van der Waals surface area contributed by atoms with Gasteiger partial charge in [-0.2, -0.15) is 0 Å². The summed E-state index contributed by atoms with van der Waals surface area (Å²) in [6.45, 7) is 0. The lowest BCUT2D eigenvalue weighted by atomic mass is 9.73. The Bertz CT molecular complexity index is 2890. The van der Waals surface area contributed by atoms with Crippen molar-refractivity contribution in [2.45, 2.75) is 5.41 Å². The number of furan rings is 2. The minimum absolute atomic E-state index is 0.804. The molecule has 4 heterocycles. The van der Waals surface area contributed by atoms with E-state index in [1.165, 1.54) is 21.8 Å². The fraction of sp³-hybridized carbons (Fsp3) is 0.0200. The molecule has 0 fully saturated rings. The third-order valence-electron chi connectivity index (χ3n) is 11.1. The zero-order valence-electron chi connectivity index (χ0n) is 29.2. The second kappa shape index (κ2) is 11.9. The normalized spacial score (nSPS) is 13.0. The van der Waals surface area contributed by atoms with Crippen LogP contribution in [0.2, 0.25) is 0 Å². The topological polar surface area (TPSA) is 44.1 Å². The second-order valence-corrected chi connectivity index (χ2v) is 13.9. The molecule has 1 aliphatic carbocycles. The van der Waals surface area contributed by atoms with Crippen LogP contribution in [0.4, 0.5) is 0 Å². The van der Waals surface area contributed by atoms with E-state index in [2.05, 4.69) is 155 Å². The molecule has 1 aliphatic rings. The molecule has 0 amide bonds. The maximum atomic E-state index is 6.39. The molecular weight excluding hydrogens is 661 g/mol. The smallest absolute Gasteiger partial charge is 0.137 e. The van der Waals surface area contributed by atoms with Gasteiger partial charge in [-0.25, -0.2) is 0 Å². The van der Waals surface area contributed by atoms with Crippen LogP contribution in [0.15, 0.2) is 203 Å². The van der Waals surface area contributed by atoms with Crippen LogP contribution >= 0.6 is 0 Å². The average molecular weight is 693 g/mol. The Morgan fingerprint density at radius 1 is 0.426 bits per heavy atom. The van der Waals surface area contributed by atoms with Gasteiger partial charge in [-0.15, -0.1) is 0 Å². The third-order valence-corrected chi connectivity index (χ3v) is 11.1. The van der Waals surface area contributed by atoms with Crippen molar-refractivity contribution in [2.75, 3.05) is 0 Å². The Morgan fingerprint density at radius 2 is 0.981 bits per heavy atom. The largest absolute Gasteiger partial charge is 0.468 e. The predicted molar refractivity (Wildman–Crippen MR) is 217 cm³/mol. The standard InChI is InChI=1S/C50H32N2O2/c1-3-15-46-41(12-1)42-13-2-4-16-47(42)52(46)38-11-7-10-35(30-38)37-24-26-40-39-25-23-36(33-19-21-34(22-20-33)45-14-5-6-27-51-45)31-43(39)50(44(40)32-37,48-17-8-28-53-48)49-18-9-29-54-49/h1-32H. The minimum atomic E-state index is -0.804. The van der Waals surface area contributed by atoms with Crippen LogP contribution in [-0.4, -0.2) is 9.55 Å². The van der Waals surface area contributed by atoms with Gasteiger partial charge in [0.05, 0.1) is 29.3 Å². The zero-order chi connectivity index (χ0) is 35.6. The molecule has 4 heteroatoms. The SMILES string of the molecule is c1ccc(-c2ccc(-c3ccc4c(c3)C(c3ccco3)(c3ccco3)c3cc(-c5cccc(-n6c7ccccc7c7ccccc76)c5)ccc3-4)cc2)nc1. The Hall–Kier alpha value is -7.17. The molecule has 0 N–H and O–H groups in total. The Morgan fingerprint density at radius 3 is 1.57 bits per heavy atom. The van der Waals surface area contributed by atoms with Crippen LogP contribution < -0.4 is 0 Å². The summed E-state index contributed by atoms with van der Waals surface area (Å²) < 4.78 is 15.2. The summed E-state index contributed by atoms with van der Waals surface area (Å²) in [7, 11) is 0. The lowest BCUT2D eigenvalue weighted by Crippen LogP contribution is -2.27. The lowest BCUT2D eigenvalue weighted by molar-refractivity contribution is 0.403. The van der Waals surface area contributed by atoms with E-state index in [9.17, 15) is 0 Å². The summed E-state index contributed by atoms with van der Waals surface area (Å²) in [5.41, 5.74) is 13.8. The first-order chi connectivity index (χ1) is 26.8. The van der Waals surface area contributed by atoms with E-state index >= 15 is 0 Å². The van der Waals surface area contributed by atoms with Crippen LogP contribution in [0, 0.1) is 0 Å². The van der Waals surface area contributed by atoms with Crippen LogP contribution in [0.25, 0.3) is 72.1 Å². The quantitative estimate of drug-likeness (QED) is 0.174. The predicted octanol–water partition coefficient (Wildman–Crippen LogP) is 12.7. The van der Waals surface area contributed by atoms with Gasteiger partial charge in [-0.05, 0) is 117 Å². The number of aromatic nitrogens is 2. The van der Waals surface area contributed by atoms with Crippen molar-refractivity contribution in [3.8, 4) is 50.3 Å². The van der Waals surface area contributed by atoms with Crippen LogP contribution in [0.1, 0.15) is 22.6 Å². The van der Waals surface area contributed by atoms with E-state index < -0.39 is 5.41 Å². The molecule has 0 saturated carbocycles. The zero-order valence-corrected chi connectivity index (χ0v) is 29.2. The first kappa shape index (κ1) is 30.5. The molecule has 6 aromatic carbocycles. The molecule has 0 bridgehead atoms. The fourth-order valence-electron chi connectivity index (χ4n) is 8.71. The lowest BCUT2D eigenvalue weighted by Gasteiger charge is -2.28. The van der Waals surface area contributed by atoms with Crippen molar-refractivity contribution in [3.63, 3.8) is 0 Å². The van der Waals surface area contributed by atoms with Crippen LogP contribution in [-0.2, 0) is 5.41 Å². The van der Waals surface area contributed by atoms with Crippen LogP contribution in [0.5, 0.6) is 0 Å². The van der Waals surface area contributed by atoms with Crippen molar-refractivity contribution in [2.24, 2.45) is 0 Å². The summed E-state index contributed by atoms with van der Waals surface area (Å²) in [5.74, 6) is 1.63. The Kier molecular flexibility index (Phi) is 6.73. The molecule has 10 aromatic rings. The molecule has 4 nitrogen and oxygen atoms in total. The van der Waals surface area contributed by atoms with Gasteiger partial charge in [0.25, 0.3) is 0 Å². The number of hydrogen-bond donors (Lipinski definition) is 0. The van der Waals surface area contributed by atoms with Gasteiger partial charge in [-0.1, -0.05) is 103 Å². The molecule has 0 aliphatic heterocycles. The van der Waals surface area contributed by atoms with Crippen molar-refractivity contribution < 1.29 is 8.83 Å². The van der Waals surface area contributed by atoms with Gasteiger partial charge < -0.3 is 13.4 Å². The molecule has 254 valence electrons. The highest BCUT2D eigenvalue weighted by molar-refractivity contribution is 6.09. The highest BCUT2D eigenvalue weighted by atomic mass is 16.3. The van der Waals surface area contributed by atoms with Crippen molar-refractivity contribution >= 4 is 21.8 Å². The van der Waals surface area contributed by atoms with Crippen LogP contribution in [0.3, 0.4) is 0 Å². The van der Waals surface area contributed by atoms with Crippen molar-refractivity contribution in [3.05, 3.63) is 217 Å². The van der Waals surface area contributed by atoms with Crippen molar-refractivity contribution in [1.82, 2.24) is 9.55 Å². The molecule has 0 atom stereocenters. The fourth-order valence-corrected chi connectivity index (χ4v) is 8.71. The molecule has 54 heavy (non-hydrogen) atoms. The van der Waals surface area contributed by atoms with E-state index in [1.807, 2.05) is 36.5 Å². The van der Waals surface area contributed by atoms with E-state index in [-0.39, 0.29) is 0 Å². The number of nitrogens with zero attached hydrogens (tertiary/aromatic N) is 2. The molecule has 0 unspecified atom stereocenters. The maximum Gasteiger partial charge on any atom is 0.137 e. The number of rotatable bonds is 6. The molecule has 11 rings (SSSR count). The van der Waals surface area contributed by atoms with E-state index in [0.717, 1.165) is 73.0 Å². The molecule has 0 spiro atoms. The van der Waals surface area contributed by atoms with Crippen molar-refractivity contribution in [1.29, 1.82) is 0 Å². The van der Waals surface area contributed by atoms with E-state index in [4.69, 9.17) is 8.83 Å². The van der Waals surface area contributed by atoms with E-state index in [0.29, 0.717) is 0 Å². The molecule has 4 aromatic heterocycles. The van der Waals surface area contributed by atoms with Gasteiger partial charge in [0.15, 0.2) is 0 Å². The van der Waals surface area contributed by atoms with E-state index in [1.54, 1.807) is 12.5 Å². The highest BCUT2D eigenvalue weighted by Gasteiger charge is 2.50. The summed E-state index contributed by atoms with van der Waals surface area (Å²) in [6.07, 6.45) is 5.35. The molecule has 0 saturated heterocycles. The summed E-state index contributed by atoms with van der Waals surface area (Å²) in [5, 5.41) is 2.50. The summed E-state index contributed by atoms with van der Waals surface area (Å²) >= 11 is 0. The number of para-hydroxylation sites is 2. The van der Waals surface area contributed by atoms with Gasteiger partial charge >= 0.3 is 0 Å². The van der Waals surface area contributed by atoms with Gasteiger partial charge in [-0.3, -0.25) is 4.98 Å². The molecule has 0 radical (unpaired) electrons. The number of hydrogen-bond acceptors (Lipinski definition) is 3. The molecular formula is C50H32N2O2. The van der Waals surface area contributed by atoms with Gasteiger partial charge in [0.2, 0.25) is 0 Å². The highest BCUT2D eigenvalue weighted by Crippen LogP contribution is 2.57. The Balaban J connectivity index is 1.08. The average Bonchev–Trinajstić information content (AvgIpc) is 4.07. The maximum absolute atomic E-state index is 6.39. The van der Waals surface area contributed by atoms with Gasteiger partial charge in [0.1, 0.15) is 16.9 Å². The second-order valence-electron chi connectivity index (χ2n) is 13.9. The monoisotopic (exact) mass is 692 g/mol.